The Morgan fingerprint density at radius 2 is 1.97 bits per heavy atom. The molecule has 160 valence electrons. The molecule has 2 amide bonds. The number of aromatic nitrogens is 1. The third-order valence-electron chi connectivity index (χ3n) is 6.07. The summed E-state index contributed by atoms with van der Waals surface area (Å²) in [6.45, 7) is 1.52. The first-order valence-electron chi connectivity index (χ1n) is 10.4. The van der Waals surface area contributed by atoms with Gasteiger partial charge in [0.2, 0.25) is 0 Å². The number of β-amino-alcohol motifs (C(OH)–C–C–N with tert-alkyl or cyclic N) is 1. The van der Waals surface area contributed by atoms with Crippen molar-refractivity contribution in [3.63, 3.8) is 0 Å². The molecule has 2 N–H and O–H groups in total. The Bertz CT molecular complexity index is 1100. The Kier molecular flexibility index (Phi) is 5.03. The van der Waals surface area contributed by atoms with E-state index in [0.717, 1.165) is 10.4 Å². The van der Waals surface area contributed by atoms with Crippen LogP contribution in [0.1, 0.15) is 33.7 Å². The zero-order valence-electron chi connectivity index (χ0n) is 17.0. The van der Waals surface area contributed by atoms with Crippen LogP contribution in [0.4, 0.5) is 0 Å². The average molecular weight is 437 g/mol. The number of fused-ring (bicyclic) bond motifs is 1. The van der Waals surface area contributed by atoms with Crippen LogP contribution in [0.15, 0.2) is 60.1 Å². The Hall–Kier alpha value is -3.10. The number of nitrogens with one attached hydrogen (secondary N) is 1. The van der Waals surface area contributed by atoms with Gasteiger partial charge in [0, 0.05) is 29.7 Å². The maximum absolute atomic E-state index is 13.1. The molecule has 7 nitrogen and oxygen atoms in total. The Morgan fingerprint density at radius 1 is 1.13 bits per heavy atom. The van der Waals surface area contributed by atoms with E-state index < -0.39 is 5.60 Å². The second-order valence-electron chi connectivity index (χ2n) is 8.16. The van der Waals surface area contributed by atoms with E-state index in [1.165, 1.54) is 0 Å². The highest BCUT2D eigenvalue weighted by molar-refractivity contribution is 7.13. The van der Waals surface area contributed by atoms with Gasteiger partial charge in [0.25, 0.3) is 11.8 Å². The van der Waals surface area contributed by atoms with Crippen LogP contribution in [0, 0.1) is 0 Å². The monoisotopic (exact) mass is 436 g/mol. The van der Waals surface area contributed by atoms with Gasteiger partial charge in [-0.3, -0.25) is 14.3 Å². The summed E-state index contributed by atoms with van der Waals surface area (Å²) in [6.07, 6.45) is 2.68. The summed E-state index contributed by atoms with van der Waals surface area (Å²) in [4.78, 5) is 30.3. The zero-order chi connectivity index (χ0) is 21.4. The lowest BCUT2D eigenvalue weighted by atomic mass is 9.90. The largest absolute Gasteiger partial charge is 0.388 e. The van der Waals surface area contributed by atoms with E-state index in [4.69, 9.17) is 0 Å². The van der Waals surface area contributed by atoms with Crippen LogP contribution < -0.4 is 5.43 Å². The number of piperidine rings is 1. The lowest BCUT2D eigenvalue weighted by Crippen LogP contribution is -2.56. The molecule has 2 aliphatic rings. The molecule has 0 atom stereocenters. The predicted octanol–water partition coefficient (Wildman–Crippen LogP) is 2.84. The van der Waals surface area contributed by atoms with Crippen molar-refractivity contribution < 1.29 is 14.7 Å². The maximum atomic E-state index is 13.1. The van der Waals surface area contributed by atoms with Gasteiger partial charge in [0.15, 0.2) is 0 Å². The molecule has 4 heterocycles. The predicted molar refractivity (Wildman–Crippen MR) is 120 cm³/mol. The summed E-state index contributed by atoms with van der Waals surface area (Å²) in [7, 11) is 0. The lowest BCUT2D eigenvalue weighted by molar-refractivity contribution is -0.0369. The minimum Gasteiger partial charge on any atom is -0.388 e. The minimum atomic E-state index is -0.998. The molecular formula is C23H24N4O3S. The number of benzene rings is 1. The number of hydrogen-bond acceptors (Lipinski definition) is 5. The number of nitrogens with zero attached hydrogens (tertiary/aromatic N) is 3. The van der Waals surface area contributed by atoms with Gasteiger partial charge in [-0.2, -0.15) is 0 Å². The highest BCUT2D eigenvalue weighted by Gasteiger charge is 2.38. The Labute approximate surface area is 184 Å². The van der Waals surface area contributed by atoms with Crippen molar-refractivity contribution in [1.29, 1.82) is 0 Å². The number of rotatable bonds is 4. The third kappa shape index (κ3) is 3.84. The molecule has 31 heavy (non-hydrogen) atoms. The van der Waals surface area contributed by atoms with Gasteiger partial charge in [-0.25, -0.2) is 0 Å². The van der Waals surface area contributed by atoms with Gasteiger partial charge in [-0.15, -0.1) is 11.3 Å². The lowest BCUT2D eigenvalue weighted by Gasteiger charge is -2.42. The molecule has 5 rings (SSSR count). The van der Waals surface area contributed by atoms with Crippen molar-refractivity contribution in [2.24, 2.45) is 0 Å². The van der Waals surface area contributed by atoms with Crippen LogP contribution in [0.2, 0.25) is 0 Å². The molecule has 8 heteroatoms. The Balaban J connectivity index is 1.23. The number of carbonyl (C=O) groups is 2. The minimum absolute atomic E-state index is 0.0194. The smallest absolute Gasteiger partial charge is 0.273 e. The molecule has 1 aromatic carbocycles. The zero-order valence-corrected chi connectivity index (χ0v) is 17.8. The maximum Gasteiger partial charge on any atom is 0.273 e. The van der Waals surface area contributed by atoms with Gasteiger partial charge in [0.05, 0.1) is 12.1 Å². The van der Waals surface area contributed by atoms with Crippen LogP contribution in [0.5, 0.6) is 0 Å². The summed E-state index contributed by atoms with van der Waals surface area (Å²) in [6, 6.07) is 15.3. The van der Waals surface area contributed by atoms with E-state index in [2.05, 4.69) is 5.43 Å². The second kappa shape index (κ2) is 7.86. The molecular weight excluding hydrogens is 412 g/mol. The van der Waals surface area contributed by atoms with E-state index in [-0.39, 0.29) is 18.4 Å². The van der Waals surface area contributed by atoms with Gasteiger partial charge in [-0.05, 0) is 54.1 Å². The fourth-order valence-electron chi connectivity index (χ4n) is 4.29. The SMILES string of the molecule is O=C(c1cccc(-c2cccs2)c1)N1CCC(O)(CN2CNn3cccc3C2=O)CC1. The molecule has 2 aliphatic heterocycles. The first-order valence-corrected chi connectivity index (χ1v) is 11.3. The summed E-state index contributed by atoms with van der Waals surface area (Å²) < 4.78 is 1.70. The van der Waals surface area contributed by atoms with E-state index >= 15 is 0 Å². The summed E-state index contributed by atoms with van der Waals surface area (Å²) in [5.74, 6) is -0.116. The molecule has 0 aliphatic carbocycles. The third-order valence-corrected chi connectivity index (χ3v) is 6.99. The molecule has 2 aromatic heterocycles. The van der Waals surface area contributed by atoms with Crippen molar-refractivity contribution in [3.8, 4) is 10.4 Å². The van der Waals surface area contributed by atoms with Gasteiger partial charge in [0.1, 0.15) is 12.4 Å². The Morgan fingerprint density at radius 3 is 2.74 bits per heavy atom. The quantitative estimate of drug-likeness (QED) is 0.659. The van der Waals surface area contributed by atoms with E-state index in [1.54, 1.807) is 38.1 Å². The average Bonchev–Trinajstić information content (AvgIpc) is 3.48. The summed E-state index contributed by atoms with van der Waals surface area (Å²) in [5, 5.41) is 13.1. The number of carbonyl (C=O) groups excluding carboxylic acids is 2. The second-order valence-corrected chi connectivity index (χ2v) is 9.11. The van der Waals surface area contributed by atoms with Crippen LogP contribution in [0.3, 0.4) is 0 Å². The number of amides is 2. The standard InChI is InChI=1S/C23H24N4O3S/c28-21(18-5-1-4-17(14-18)20-7-3-13-31-20)25-11-8-23(30,9-12-25)15-26-16-24-27-10-2-6-19(27)22(26)29/h1-7,10,13-14,24,30H,8-9,11-12,15-16H2. The van der Waals surface area contributed by atoms with Crippen molar-refractivity contribution in [3.05, 3.63) is 71.4 Å². The van der Waals surface area contributed by atoms with E-state index in [0.29, 0.717) is 43.9 Å². The number of likely N-dealkylation sites (tertiary alicyclic amines) is 1. The van der Waals surface area contributed by atoms with Crippen molar-refractivity contribution in [1.82, 2.24) is 14.5 Å². The molecule has 0 spiro atoms. The van der Waals surface area contributed by atoms with Crippen LogP contribution >= 0.6 is 11.3 Å². The molecule has 0 unspecified atom stereocenters. The van der Waals surface area contributed by atoms with Gasteiger partial charge in [-0.1, -0.05) is 18.2 Å². The molecule has 0 bridgehead atoms. The molecule has 0 radical (unpaired) electrons. The van der Waals surface area contributed by atoms with E-state index in [1.807, 2.05) is 47.8 Å². The summed E-state index contributed by atoms with van der Waals surface area (Å²) >= 11 is 1.65. The molecule has 1 saturated heterocycles. The fourth-order valence-corrected chi connectivity index (χ4v) is 5.01. The van der Waals surface area contributed by atoms with Crippen LogP contribution in [-0.4, -0.2) is 63.3 Å². The van der Waals surface area contributed by atoms with Crippen LogP contribution in [0.25, 0.3) is 10.4 Å². The van der Waals surface area contributed by atoms with Gasteiger partial charge < -0.3 is 20.3 Å². The first kappa shape index (κ1) is 19.8. The van der Waals surface area contributed by atoms with Crippen molar-refractivity contribution >= 4 is 23.2 Å². The van der Waals surface area contributed by atoms with Crippen LogP contribution in [-0.2, 0) is 0 Å². The number of aliphatic hydroxyl groups is 1. The molecule has 1 fully saturated rings. The summed E-state index contributed by atoms with van der Waals surface area (Å²) in [5.41, 5.74) is 4.40. The number of hydrogen-bond donors (Lipinski definition) is 2. The molecule has 0 saturated carbocycles. The normalized spacial score (nSPS) is 17.9. The van der Waals surface area contributed by atoms with Gasteiger partial charge >= 0.3 is 0 Å². The fraction of sp³-hybridized carbons (Fsp3) is 0.304. The van der Waals surface area contributed by atoms with E-state index in [9.17, 15) is 14.7 Å². The van der Waals surface area contributed by atoms with Crippen molar-refractivity contribution in [2.75, 3.05) is 31.7 Å². The van der Waals surface area contributed by atoms with Crippen molar-refractivity contribution in [2.45, 2.75) is 18.4 Å². The highest BCUT2D eigenvalue weighted by Crippen LogP contribution is 2.28. The molecule has 3 aromatic rings. The topological polar surface area (TPSA) is 77.8 Å². The first-order chi connectivity index (χ1) is 15.0. The number of thiophene rings is 1. The highest BCUT2D eigenvalue weighted by atomic mass is 32.1.